The van der Waals surface area contributed by atoms with E-state index >= 15 is 0 Å². The van der Waals surface area contributed by atoms with Gasteiger partial charge in [0.2, 0.25) is 0 Å². The maximum absolute atomic E-state index is 12.9. The first-order valence-corrected chi connectivity index (χ1v) is 7.73. The minimum absolute atomic E-state index is 0.00683. The largest absolute Gasteiger partial charge is 0.493 e. The van der Waals surface area contributed by atoms with Crippen LogP contribution < -0.4 is 15.2 Å². The molecule has 1 aliphatic heterocycles. The lowest BCUT2D eigenvalue weighted by Gasteiger charge is -2.26. The number of primary amides is 1. The molecule has 11 heteroatoms. The van der Waals surface area contributed by atoms with Crippen LogP contribution in [0.25, 0.3) is 0 Å². The molecule has 2 rings (SSSR count). The number of amides is 2. The van der Waals surface area contributed by atoms with E-state index in [9.17, 15) is 27.9 Å². The molecule has 3 N–H and O–H groups in total. The molecule has 1 aliphatic rings. The second-order valence-electron chi connectivity index (χ2n) is 5.75. The zero-order chi connectivity index (χ0) is 19.7. The van der Waals surface area contributed by atoms with Crippen LogP contribution in [0, 0.1) is 0 Å². The maximum Gasteiger partial charge on any atom is 0.419 e. The molecular formula is C15H16ClF3N2O5. The first-order valence-electron chi connectivity index (χ1n) is 7.35. The fraction of sp³-hybridized carbons (Fsp3) is 0.467. The summed E-state index contributed by atoms with van der Waals surface area (Å²) in [7, 11) is 1.26. The Bertz CT molecular complexity index is 728. The summed E-state index contributed by atoms with van der Waals surface area (Å²) >= 11 is 6.02. The molecular weight excluding hydrogens is 381 g/mol. The highest BCUT2D eigenvalue weighted by Crippen LogP contribution is 2.40. The van der Waals surface area contributed by atoms with Crippen molar-refractivity contribution in [3.63, 3.8) is 0 Å². The molecule has 1 unspecified atom stereocenters. The Hall–Kier alpha value is -2.20. The smallest absolute Gasteiger partial charge is 0.419 e. The number of rotatable bonds is 5. The van der Waals surface area contributed by atoms with Crippen molar-refractivity contribution < 1.29 is 37.3 Å². The lowest BCUT2D eigenvalue weighted by molar-refractivity contribution is -0.253. The van der Waals surface area contributed by atoms with Gasteiger partial charge in [-0.3, -0.25) is 9.59 Å². The summed E-state index contributed by atoms with van der Waals surface area (Å²) in [6, 6.07) is 2.39. The molecule has 1 heterocycles. The molecule has 0 bridgehead atoms. The van der Waals surface area contributed by atoms with Crippen molar-refractivity contribution in [2.75, 3.05) is 26.8 Å². The molecule has 7 nitrogen and oxygen atoms in total. The van der Waals surface area contributed by atoms with Gasteiger partial charge in [-0.05, 0) is 12.1 Å². The summed E-state index contributed by atoms with van der Waals surface area (Å²) in [6.45, 7) is -1.63. The van der Waals surface area contributed by atoms with E-state index in [2.05, 4.69) is 0 Å². The highest BCUT2D eigenvalue weighted by atomic mass is 35.5. The van der Waals surface area contributed by atoms with Gasteiger partial charge < -0.3 is 25.2 Å². The van der Waals surface area contributed by atoms with Gasteiger partial charge >= 0.3 is 6.18 Å². The Morgan fingerprint density at radius 2 is 2.08 bits per heavy atom. The fourth-order valence-electron chi connectivity index (χ4n) is 2.51. The van der Waals surface area contributed by atoms with Crippen LogP contribution >= 0.6 is 11.6 Å². The average Bonchev–Trinajstić information content (AvgIpc) is 2.95. The van der Waals surface area contributed by atoms with E-state index in [-0.39, 0.29) is 28.6 Å². The van der Waals surface area contributed by atoms with E-state index < -0.39 is 43.2 Å². The van der Waals surface area contributed by atoms with Crippen LogP contribution in [-0.4, -0.2) is 60.4 Å². The monoisotopic (exact) mass is 396 g/mol. The third-order valence-corrected chi connectivity index (χ3v) is 4.18. The molecule has 0 spiro atoms. The predicted molar refractivity (Wildman–Crippen MR) is 84.2 cm³/mol. The number of halogens is 4. The van der Waals surface area contributed by atoms with Crippen molar-refractivity contribution in [2.24, 2.45) is 5.73 Å². The standard InChI is InChI=1S/C15H16ClF3N2O5/c1-25-10-5-8(4-9(16)12(10)26-6-11(20)22)13(23)21-3-2-14(24,7-21)15(17,18)19/h4-5,24H,2-3,6-7H2,1H3,(H2,20,22). The number of carbonyl (C=O) groups excluding carboxylic acids is 2. The van der Waals surface area contributed by atoms with Crippen molar-refractivity contribution >= 4 is 23.4 Å². The summed E-state index contributed by atoms with van der Waals surface area (Å²) in [5.41, 5.74) is 1.98. The molecule has 2 amide bonds. The van der Waals surface area contributed by atoms with Gasteiger partial charge in [0.1, 0.15) is 0 Å². The van der Waals surface area contributed by atoms with Gasteiger partial charge in [-0.1, -0.05) is 11.6 Å². The summed E-state index contributed by atoms with van der Waals surface area (Å²) in [6.07, 6.45) is -5.46. The number of hydrogen-bond donors (Lipinski definition) is 2. The summed E-state index contributed by atoms with van der Waals surface area (Å²) in [4.78, 5) is 24.2. The molecule has 1 fully saturated rings. The Balaban J connectivity index is 2.25. The van der Waals surface area contributed by atoms with Crippen LogP contribution in [0.1, 0.15) is 16.8 Å². The van der Waals surface area contributed by atoms with Gasteiger partial charge in [-0.15, -0.1) is 0 Å². The SMILES string of the molecule is COc1cc(C(=O)N2CCC(O)(C(F)(F)F)C2)cc(Cl)c1OCC(N)=O. The topological polar surface area (TPSA) is 102 Å². The first-order chi connectivity index (χ1) is 12.0. The third-order valence-electron chi connectivity index (χ3n) is 3.90. The number of aliphatic hydroxyl groups is 1. The van der Waals surface area contributed by atoms with Crippen molar-refractivity contribution in [3.8, 4) is 11.5 Å². The van der Waals surface area contributed by atoms with E-state index in [4.69, 9.17) is 26.8 Å². The van der Waals surface area contributed by atoms with Gasteiger partial charge in [0.05, 0.1) is 18.7 Å². The number of benzene rings is 1. The van der Waals surface area contributed by atoms with E-state index in [0.29, 0.717) is 0 Å². The minimum Gasteiger partial charge on any atom is -0.493 e. The third kappa shape index (κ3) is 3.96. The second-order valence-corrected chi connectivity index (χ2v) is 6.16. The quantitative estimate of drug-likeness (QED) is 0.782. The van der Waals surface area contributed by atoms with E-state index in [0.717, 1.165) is 4.90 Å². The lowest BCUT2D eigenvalue weighted by Crippen LogP contribution is -2.48. The zero-order valence-corrected chi connectivity index (χ0v) is 14.4. The maximum atomic E-state index is 12.9. The molecule has 0 radical (unpaired) electrons. The molecule has 26 heavy (non-hydrogen) atoms. The molecule has 1 saturated heterocycles. The number of β-amino-alcohol motifs (C(OH)–C–C–N with tert-alkyl or cyclic N) is 1. The highest BCUT2D eigenvalue weighted by molar-refractivity contribution is 6.32. The summed E-state index contributed by atoms with van der Waals surface area (Å²) in [5, 5.41) is 9.60. The molecule has 1 aromatic carbocycles. The summed E-state index contributed by atoms with van der Waals surface area (Å²) in [5.74, 6) is -1.54. The van der Waals surface area contributed by atoms with Gasteiger partial charge in [-0.2, -0.15) is 13.2 Å². The minimum atomic E-state index is -4.84. The Morgan fingerprint density at radius 1 is 1.42 bits per heavy atom. The summed E-state index contributed by atoms with van der Waals surface area (Å²) < 4.78 is 48.8. The number of hydrogen-bond acceptors (Lipinski definition) is 5. The average molecular weight is 397 g/mol. The van der Waals surface area contributed by atoms with Gasteiger partial charge in [0.15, 0.2) is 23.7 Å². The molecule has 1 atom stereocenters. The molecule has 1 aromatic rings. The Kier molecular flexibility index (Phi) is 5.57. The van der Waals surface area contributed by atoms with Crippen LogP contribution in [0.4, 0.5) is 13.2 Å². The Labute approximate surface area is 151 Å². The number of nitrogens with zero attached hydrogens (tertiary/aromatic N) is 1. The number of nitrogens with two attached hydrogens (primary N) is 1. The number of ether oxygens (including phenoxy) is 2. The lowest BCUT2D eigenvalue weighted by atomic mass is 10.0. The highest BCUT2D eigenvalue weighted by Gasteiger charge is 2.57. The van der Waals surface area contributed by atoms with Gasteiger partial charge in [0, 0.05) is 18.5 Å². The molecule has 0 saturated carbocycles. The fourth-order valence-corrected chi connectivity index (χ4v) is 2.77. The molecule has 0 aliphatic carbocycles. The van der Waals surface area contributed by atoms with E-state index in [1.807, 2.05) is 0 Å². The van der Waals surface area contributed by atoms with Crippen LogP contribution in [0.2, 0.25) is 5.02 Å². The van der Waals surface area contributed by atoms with Crippen molar-refractivity contribution in [1.29, 1.82) is 0 Å². The van der Waals surface area contributed by atoms with Crippen molar-refractivity contribution in [3.05, 3.63) is 22.7 Å². The number of likely N-dealkylation sites (tertiary alicyclic amines) is 1. The predicted octanol–water partition coefficient (Wildman–Crippen LogP) is 1.35. The van der Waals surface area contributed by atoms with Crippen molar-refractivity contribution in [2.45, 2.75) is 18.2 Å². The number of alkyl halides is 3. The van der Waals surface area contributed by atoms with E-state index in [1.165, 1.54) is 19.2 Å². The Morgan fingerprint density at radius 3 is 2.58 bits per heavy atom. The zero-order valence-electron chi connectivity index (χ0n) is 13.6. The van der Waals surface area contributed by atoms with Crippen LogP contribution in [0.3, 0.4) is 0 Å². The molecule has 0 aromatic heterocycles. The van der Waals surface area contributed by atoms with E-state index in [1.54, 1.807) is 0 Å². The number of carbonyl (C=O) groups is 2. The van der Waals surface area contributed by atoms with Gasteiger partial charge in [-0.25, -0.2) is 0 Å². The van der Waals surface area contributed by atoms with Crippen molar-refractivity contribution in [1.82, 2.24) is 4.90 Å². The van der Waals surface area contributed by atoms with Crippen LogP contribution in [0.5, 0.6) is 11.5 Å². The first kappa shape index (κ1) is 20.1. The van der Waals surface area contributed by atoms with Gasteiger partial charge in [0.25, 0.3) is 11.8 Å². The molecule has 144 valence electrons. The van der Waals surface area contributed by atoms with Crippen LogP contribution in [-0.2, 0) is 4.79 Å². The second kappa shape index (κ2) is 7.20. The number of methoxy groups -OCH3 is 1. The normalized spacial score (nSPS) is 20.2. The van der Waals surface area contributed by atoms with Crippen LogP contribution in [0.15, 0.2) is 12.1 Å².